The summed E-state index contributed by atoms with van der Waals surface area (Å²) in [6.07, 6.45) is 6.36. The van der Waals surface area contributed by atoms with E-state index in [9.17, 15) is 4.79 Å². The summed E-state index contributed by atoms with van der Waals surface area (Å²) in [7, 11) is 0. The van der Waals surface area contributed by atoms with Gasteiger partial charge in [0, 0.05) is 22.4 Å². The van der Waals surface area contributed by atoms with Crippen LogP contribution in [0.3, 0.4) is 0 Å². The molecule has 1 unspecified atom stereocenters. The molecule has 2 heterocycles. The first-order chi connectivity index (χ1) is 15.0. The third kappa shape index (κ3) is 5.23. The maximum atomic E-state index is 13.2. The van der Waals surface area contributed by atoms with Crippen molar-refractivity contribution >= 4 is 44.9 Å². The number of benzene rings is 2. The minimum atomic E-state index is -0.0429. The van der Waals surface area contributed by atoms with Gasteiger partial charge in [0.15, 0.2) is 0 Å². The first-order valence-corrected chi connectivity index (χ1v) is 11.7. The molecule has 3 aromatic rings. The van der Waals surface area contributed by atoms with Crippen molar-refractivity contribution in [2.75, 3.05) is 19.6 Å². The van der Waals surface area contributed by atoms with Gasteiger partial charge in [-0.1, -0.05) is 58.8 Å². The predicted octanol–water partition coefficient (Wildman–Crippen LogP) is 5.69. The molecule has 5 heteroatoms. The normalized spacial score (nSPS) is 16.9. The van der Waals surface area contributed by atoms with Crippen molar-refractivity contribution in [3.05, 3.63) is 75.4 Å². The Bertz CT molecular complexity index is 1120. The van der Waals surface area contributed by atoms with E-state index >= 15 is 0 Å². The fourth-order valence-corrected chi connectivity index (χ4v) is 4.66. The lowest BCUT2D eigenvalue weighted by Gasteiger charge is -2.23. The predicted molar refractivity (Wildman–Crippen MR) is 132 cm³/mol. The summed E-state index contributed by atoms with van der Waals surface area (Å²) in [5.41, 5.74) is 4.58. The van der Waals surface area contributed by atoms with Crippen LogP contribution in [0.25, 0.3) is 23.1 Å². The Balaban J connectivity index is 1.62. The van der Waals surface area contributed by atoms with Crippen LogP contribution in [0.15, 0.2) is 53.0 Å². The monoisotopic (exact) mass is 477 g/mol. The van der Waals surface area contributed by atoms with Gasteiger partial charge >= 0.3 is 0 Å². The van der Waals surface area contributed by atoms with Crippen LogP contribution in [-0.2, 0) is 0 Å². The fourth-order valence-electron chi connectivity index (χ4n) is 4.30. The van der Waals surface area contributed by atoms with Crippen molar-refractivity contribution in [1.82, 2.24) is 15.2 Å². The number of halogens is 1. The van der Waals surface area contributed by atoms with E-state index in [-0.39, 0.29) is 5.91 Å². The van der Waals surface area contributed by atoms with Gasteiger partial charge in [0.25, 0.3) is 5.91 Å². The molecule has 1 aliphatic rings. The van der Waals surface area contributed by atoms with Gasteiger partial charge in [0.05, 0.1) is 16.8 Å². The molecular formula is C26H28BrN3O. The van der Waals surface area contributed by atoms with Gasteiger partial charge in [-0.2, -0.15) is 0 Å². The molecule has 1 aromatic heterocycles. The second-order valence-electron chi connectivity index (χ2n) is 8.14. The van der Waals surface area contributed by atoms with Gasteiger partial charge in [0.2, 0.25) is 0 Å². The zero-order chi connectivity index (χ0) is 21.8. The van der Waals surface area contributed by atoms with Crippen LogP contribution in [0.5, 0.6) is 0 Å². The second kappa shape index (κ2) is 9.75. The van der Waals surface area contributed by atoms with Crippen molar-refractivity contribution in [3.63, 3.8) is 0 Å². The van der Waals surface area contributed by atoms with Crippen LogP contribution in [0, 0.1) is 6.92 Å². The number of aryl methyl sites for hydroxylation is 1. The average molecular weight is 478 g/mol. The summed E-state index contributed by atoms with van der Waals surface area (Å²) < 4.78 is 0.937. The highest BCUT2D eigenvalue weighted by atomic mass is 79.9. The number of aromatic nitrogens is 1. The standard InChI is InChI=1S/C26H28BrN3O/c1-3-30-13-5-8-22(30)17-28-26(31)24-16-21(11-9-19-7-4-6-18(2)14-19)29-25-12-10-20(27)15-23(24)25/h4,6-7,9-12,14-16,22H,3,5,8,13,17H2,1-2H3,(H,28,31)/b11-9+. The number of pyridine rings is 1. The van der Waals surface area contributed by atoms with Gasteiger partial charge < -0.3 is 5.32 Å². The molecule has 4 rings (SSSR count). The zero-order valence-electron chi connectivity index (χ0n) is 18.1. The Hall–Kier alpha value is -2.50. The highest BCUT2D eigenvalue weighted by Crippen LogP contribution is 2.24. The molecule has 1 atom stereocenters. The summed E-state index contributed by atoms with van der Waals surface area (Å²) in [4.78, 5) is 20.4. The lowest BCUT2D eigenvalue weighted by atomic mass is 10.1. The molecule has 2 aromatic carbocycles. The fraction of sp³-hybridized carbons (Fsp3) is 0.308. The Kier molecular flexibility index (Phi) is 6.83. The Morgan fingerprint density at radius 2 is 2.10 bits per heavy atom. The number of nitrogens with one attached hydrogen (secondary N) is 1. The van der Waals surface area contributed by atoms with Gasteiger partial charge in [0.1, 0.15) is 0 Å². The summed E-state index contributed by atoms with van der Waals surface area (Å²) in [6, 6.07) is 16.5. The summed E-state index contributed by atoms with van der Waals surface area (Å²) in [6.45, 7) is 7.09. The maximum Gasteiger partial charge on any atom is 0.252 e. The molecule has 4 nitrogen and oxygen atoms in total. The minimum Gasteiger partial charge on any atom is -0.350 e. The lowest BCUT2D eigenvalue weighted by molar-refractivity contribution is 0.0943. The quantitative estimate of drug-likeness (QED) is 0.495. The number of carbonyl (C=O) groups is 1. The molecule has 1 N–H and O–H groups in total. The van der Waals surface area contributed by atoms with Crippen LogP contribution in [0.4, 0.5) is 0 Å². The van der Waals surface area contributed by atoms with Crippen LogP contribution in [0.1, 0.15) is 46.9 Å². The lowest BCUT2D eigenvalue weighted by Crippen LogP contribution is -2.40. The van der Waals surface area contributed by atoms with Gasteiger partial charge in [-0.25, -0.2) is 4.98 Å². The highest BCUT2D eigenvalue weighted by Gasteiger charge is 2.23. The highest BCUT2D eigenvalue weighted by molar-refractivity contribution is 9.10. The van der Waals surface area contributed by atoms with Gasteiger partial charge in [-0.05, 0) is 68.8 Å². The van der Waals surface area contributed by atoms with E-state index in [1.54, 1.807) is 0 Å². The first-order valence-electron chi connectivity index (χ1n) is 10.9. The largest absolute Gasteiger partial charge is 0.350 e. The number of hydrogen-bond donors (Lipinski definition) is 1. The topological polar surface area (TPSA) is 45.2 Å². The number of nitrogens with zero attached hydrogens (tertiary/aromatic N) is 2. The Labute approximate surface area is 192 Å². The maximum absolute atomic E-state index is 13.2. The summed E-state index contributed by atoms with van der Waals surface area (Å²) in [5.74, 6) is -0.0429. The molecule has 0 aliphatic carbocycles. The third-order valence-electron chi connectivity index (χ3n) is 5.93. The van der Waals surface area contributed by atoms with Crippen LogP contribution in [0.2, 0.25) is 0 Å². The average Bonchev–Trinajstić information content (AvgIpc) is 3.23. The first kappa shape index (κ1) is 21.7. The molecule has 1 amide bonds. The van der Waals surface area contributed by atoms with E-state index < -0.39 is 0 Å². The van der Waals surface area contributed by atoms with Crippen molar-refractivity contribution < 1.29 is 4.79 Å². The number of rotatable bonds is 6. The van der Waals surface area contributed by atoms with E-state index in [0.29, 0.717) is 18.2 Å². The Morgan fingerprint density at radius 1 is 1.23 bits per heavy atom. The van der Waals surface area contributed by atoms with Crippen LogP contribution < -0.4 is 5.32 Å². The number of likely N-dealkylation sites (N-methyl/N-ethyl adjacent to an activating group) is 1. The molecule has 1 aliphatic heterocycles. The molecular weight excluding hydrogens is 450 g/mol. The Morgan fingerprint density at radius 3 is 2.90 bits per heavy atom. The number of hydrogen-bond acceptors (Lipinski definition) is 3. The minimum absolute atomic E-state index is 0.0429. The van der Waals surface area contributed by atoms with Crippen LogP contribution in [-0.4, -0.2) is 41.5 Å². The smallest absolute Gasteiger partial charge is 0.252 e. The molecule has 0 saturated carbocycles. The van der Waals surface area contributed by atoms with Crippen LogP contribution >= 0.6 is 15.9 Å². The van der Waals surface area contributed by atoms with Crippen molar-refractivity contribution in [2.45, 2.75) is 32.7 Å². The van der Waals surface area contributed by atoms with E-state index in [1.165, 1.54) is 12.0 Å². The SMILES string of the molecule is CCN1CCCC1CNC(=O)c1cc(/C=C/c2cccc(C)c2)nc2ccc(Br)cc12. The van der Waals surface area contributed by atoms with Gasteiger partial charge in [-0.15, -0.1) is 0 Å². The van der Waals surface area contributed by atoms with Crippen molar-refractivity contribution in [2.24, 2.45) is 0 Å². The molecule has 0 bridgehead atoms. The molecule has 1 saturated heterocycles. The molecule has 160 valence electrons. The van der Waals surface area contributed by atoms with E-state index in [2.05, 4.69) is 58.2 Å². The van der Waals surface area contributed by atoms with E-state index in [4.69, 9.17) is 4.98 Å². The number of fused-ring (bicyclic) bond motifs is 1. The number of likely N-dealkylation sites (tertiary alicyclic amines) is 1. The van der Waals surface area contributed by atoms with Crippen molar-refractivity contribution in [3.8, 4) is 0 Å². The van der Waals surface area contributed by atoms with E-state index in [1.807, 2.05) is 42.5 Å². The summed E-state index contributed by atoms with van der Waals surface area (Å²) in [5, 5.41) is 4.04. The third-order valence-corrected chi connectivity index (χ3v) is 6.42. The van der Waals surface area contributed by atoms with Gasteiger partial charge in [-0.3, -0.25) is 9.69 Å². The number of amides is 1. The molecule has 1 fully saturated rings. The molecule has 31 heavy (non-hydrogen) atoms. The number of carbonyl (C=O) groups excluding carboxylic acids is 1. The second-order valence-corrected chi connectivity index (χ2v) is 9.05. The molecule has 0 spiro atoms. The van der Waals surface area contributed by atoms with E-state index in [0.717, 1.165) is 46.1 Å². The summed E-state index contributed by atoms with van der Waals surface area (Å²) >= 11 is 3.53. The van der Waals surface area contributed by atoms with Crippen molar-refractivity contribution in [1.29, 1.82) is 0 Å². The molecule has 0 radical (unpaired) electrons. The zero-order valence-corrected chi connectivity index (χ0v) is 19.7.